The number of allylic oxidation sites excluding steroid dienone is 4. The lowest BCUT2D eigenvalue weighted by Crippen LogP contribution is -2.35. The van der Waals surface area contributed by atoms with Gasteiger partial charge in [-0.05, 0) is 23.6 Å². The Morgan fingerprint density at radius 1 is 0.778 bits per heavy atom. The van der Waals surface area contributed by atoms with Crippen molar-refractivity contribution in [2.24, 2.45) is 0 Å². The van der Waals surface area contributed by atoms with Crippen molar-refractivity contribution >= 4 is 17.7 Å². The van der Waals surface area contributed by atoms with Crippen LogP contribution in [-0.4, -0.2) is 6.71 Å². The quantitative estimate of drug-likeness (QED) is 0.359. The normalized spacial score (nSPS) is 11.5. The Labute approximate surface area is 163 Å². The van der Waals surface area contributed by atoms with Crippen molar-refractivity contribution in [1.29, 1.82) is 0 Å². The summed E-state index contributed by atoms with van der Waals surface area (Å²) >= 11 is 0. The fourth-order valence-corrected chi connectivity index (χ4v) is 3.59. The predicted octanol–water partition coefficient (Wildman–Crippen LogP) is 6.37. The molecule has 0 bridgehead atoms. The number of hydrogen-bond donors (Lipinski definition) is 0. The largest absolute Gasteiger partial charge is 0.237 e. The minimum Gasteiger partial charge on any atom is -0.104 e. The molecular formula is C26H25B. The fourth-order valence-electron chi connectivity index (χ4n) is 3.59. The van der Waals surface area contributed by atoms with Gasteiger partial charge in [-0.2, -0.15) is 0 Å². The molecule has 0 radical (unpaired) electrons. The van der Waals surface area contributed by atoms with Crippen molar-refractivity contribution in [2.45, 2.75) is 13.8 Å². The minimum absolute atomic E-state index is 0.0964. The number of hydrogen-bond acceptors (Lipinski definition) is 0. The van der Waals surface area contributed by atoms with Crippen LogP contribution in [0.4, 0.5) is 0 Å². The summed E-state index contributed by atoms with van der Waals surface area (Å²) in [6, 6.07) is 29.7. The van der Waals surface area contributed by atoms with E-state index in [0.29, 0.717) is 0 Å². The Balaban J connectivity index is 2.19. The zero-order valence-corrected chi connectivity index (χ0v) is 16.2. The Bertz CT molecular complexity index is 965. The molecule has 0 fully saturated rings. The van der Waals surface area contributed by atoms with Gasteiger partial charge in [-0.15, -0.1) is 6.58 Å². The maximum Gasteiger partial charge on any atom is 0.237 e. The van der Waals surface area contributed by atoms with E-state index in [1.807, 2.05) is 6.08 Å². The smallest absolute Gasteiger partial charge is 0.104 e. The molecule has 0 aliphatic carbocycles. The summed E-state index contributed by atoms with van der Waals surface area (Å²) in [7, 11) is 0. The van der Waals surface area contributed by atoms with Crippen LogP contribution in [0.15, 0.2) is 115 Å². The van der Waals surface area contributed by atoms with Gasteiger partial charge in [0.15, 0.2) is 0 Å². The van der Waals surface area contributed by atoms with Crippen LogP contribution in [0.2, 0.25) is 0 Å². The molecule has 0 amide bonds. The van der Waals surface area contributed by atoms with E-state index in [-0.39, 0.29) is 6.71 Å². The molecule has 0 nitrogen and oxygen atoms in total. The SMILES string of the molecule is C=CC(=C)B(/C(C)=C(/C)c1ccccc1)c1ccccc1-c1ccccc1. The van der Waals surface area contributed by atoms with Gasteiger partial charge < -0.3 is 0 Å². The highest BCUT2D eigenvalue weighted by molar-refractivity contribution is 6.88. The molecule has 0 atom stereocenters. The van der Waals surface area contributed by atoms with Crippen molar-refractivity contribution in [1.82, 2.24) is 0 Å². The van der Waals surface area contributed by atoms with E-state index in [1.54, 1.807) is 0 Å². The minimum atomic E-state index is 0.0964. The van der Waals surface area contributed by atoms with E-state index in [1.165, 1.54) is 33.2 Å². The van der Waals surface area contributed by atoms with E-state index < -0.39 is 0 Å². The average molecular weight is 348 g/mol. The highest BCUT2D eigenvalue weighted by atomic mass is 14.1. The Kier molecular flexibility index (Phi) is 5.93. The first kappa shape index (κ1) is 18.7. The second-order valence-electron chi connectivity index (χ2n) is 6.84. The second kappa shape index (κ2) is 8.55. The highest BCUT2D eigenvalue weighted by Crippen LogP contribution is 2.25. The Hall–Kier alpha value is -3.06. The van der Waals surface area contributed by atoms with E-state index in [9.17, 15) is 0 Å². The summed E-state index contributed by atoms with van der Waals surface area (Å²) in [5.41, 5.74) is 8.58. The van der Waals surface area contributed by atoms with Crippen LogP contribution in [0, 0.1) is 0 Å². The van der Waals surface area contributed by atoms with Crippen molar-refractivity contribution in [3.8, 4) is 11.1 Å². The van der Waals surface area contributed by atoms with Crippen molar-refractivity contribution in [2.75, 3.05) is 0 Å². The first-order chi connectivity index (χ1) is 13.1. The summed E-state index contributed by atoms with van der Waals surface area (Å²) < 4.78 is 0. The highest BCUT2D eigenvalue weighted by Gasteiger charge is 2.25. The molecule has 3 aromatic carbocycles. The third-order valence-electron chi connectivity index (χ3n) is 5.22. The first-order valence-corrected chi connectivity index (χ1v) is 9.32. The third-order valence-corrected chi connectivity index (χ3v) is 5.22. The topological polar surface area (TPSA) is 0 Å². The van der Waals surface area contributed by atoms with Gasteiger partial charge in [-0.3, -0.25) is 0 Å². The van der Waals surface area contributed by atoms with Crippen LogP contribution in [-0.2, 0) is 0 Å². The van der Waals surface area contributed by atoms with Gasteiger partial charge in [0.05, 0.1) is 0 Å². The van der Waals surface area contributed by atoms with Crippen LogP contribution < -0.4 is 5.46 Å². The summed E-state index contributed by atoms with van der Waals surface area (Å²) in [6.07, 6.45) is 1.88. The fraction of sp³-hybridized carbons (Fsp3) is 0.0769. The molecule has 132 valence electrons. The molecule has 3 rings (SSSR count). The lowest BCUT2D eigenvalue weighted by molar-refractivity contribution is 1.50. The maximum atomic E-state index is 4.33. The van der Waals surface area contributed by atoms with Gasteiger partial charge in [0.25, 0.3) is 0 Å². The van der Waals surface area contributed by atoms with Gasteiger partial charge >= 0.3 is 0 Å². The van der Waals surface area contributed by atoms with Crippen LogP contribution in [0.1, 0.15) is 19.4 Å². The molecule has 0 saturated heterocycles. The number of benzene rings is 3. The predicted molar refractivity (Wildman–Crippen MR) is 121 cm³/mol. The van der Waals surface area contributed by atoms with E-state index in [4.69, 9.17) is 0 Å². The summed E-state index contributed by atoms with van der Waals surface area (Å²) in [4.78, 5) is 0. The van der Waals surface area contributed by atoms with E-state index >= 15 is 0 Å². The molecular weight excluding hydrogens is 323 g/mol. The van der Waals surface area contributed by atoms with E-state index in [0.717, 1.165) is 5.47 Å². The standard InChI is InChI=1S/C26H25B/c1-5-20(2)27(22(4)21(3)23-14-8-6-9-15-23)26-19-13-12-18-25(26)24-16-10-7-11-17-24/h5-19H,1-2H2,3-4H3/b22-21-. The van der Waals surface area contributed by atoms with Crippen LogP contribution in [0.3, 0.4) is 0 Å². The van der Waals surface area contributed by atoms with Gasteiger partial charge in [0, 0.05) is 0 Å². The van der Waals surface area contributed by atoms with Crippen molar-refractivity contribution < 1.29 is 0 Å². The molecule has 0 heterocycles. The van der Waals surface area contributed by atoms with E-state index in [2.05, 4.69) is 112 Å². The monoisotopic (exact) mass is 348 g/mol. The van der Waals surface area contributed by atoms with Crippen LogP contribution in [0.5, 0.6) is 0 Å². The average Bonchev–Trinajstić information content (AvgIpc) is 2.74. The molecule has 0 aliphatic heterocycles. The van der Waals surface area contributed by atoms with Gasteiger partial charge in [0.1, 0.15) is 0 Å². The zero-order chi connectivity index (χ0) is 19.2. The lowest BCUT2D eigenvalue weighted by atomic mass is 9.34. The summed E-state index contributed by atoms with van der Waals surface area (Å²) in [5, 5.41) is 0. The molecule has 1 heteroatoms. The molecule has 0 N–H and O–H groups in total. The maximum absolute atomic E-state index is 4.33. The molecule has 0 aromatic heterocycles. The molecule has 0 aliphatic rings. The molecule has 27 heavy (non-hydrogen) atoms. The van der Waals surface area contributed by atoms with Crippen LogP contribution in [0.25, 0.3) is 16.7 Å². The third kappa shape index (κ3) is 4.04. The number of rotatable bonds is 6. The van der Waals surface area contributed by atoms with Crippen molar-refractivity contribution in [3.63, 3.8) is 0 Å². The first-order valence-electron chi connectivity index (χ1n) is 9.32. The molecule has 0 spiro atoms. The van der Waals surface area contributed by atoms with Gasteiger partial charge in [-0.1, -0.05) is 126 Å². The summed E-state index contributed by atoms with van der Waals surface area (Å²) in [6.45, 7) is 12.8. The second-order valence-corrected chi connectivity index (χ2v) is 6.84. The van der Waals surface area contributed by atoms with Crippen molar-refractivity contribution in [3.05, 3.63) is 121 Å². The summed E-state index contributed by atoms with van der Waals surface area (Å²) in [5.74, 6) is 0. The Morgan fingerprint density at radius 3 is 1.96 bits per heavy atom. The molecule has 3 aromatic rings. The lowest BCUT2D eigenvalue weighted by Gasteiger charge is -2.22. The molecule has 0 unspecified atom stereocenters. The van der Waals surface area contributed by atoms with Gasteiger partial charge in [0.2, 0.25) is 6.71 Å². The van der Waals surface area contributed by atoms with Gasteiger partial charge in [-0.25, -0.2) is 0 Å². The van der Waals surface area contributed by atoms with Crippen LogP contribution >= 0.6 is 0 Å². The Morgan fingerprint density at radius 2 is 1.33 bits per heavy atom. The molecule has 0 saturated carbocycles. The zero-order valence-electron chi connectivity index (χ0n) is 16.2.